The monoisotopic (exact) mass is 203 g/mol. The van der Waals surface area contributed by atoms with Crippen LogP contribution in [-0.2, 0) is 9.53 Å². The van der Waals surface area contributed by atoms with E-state index in [1.54, 1.807) is 7.11 Å². The number of rotatable bonds is 9. The highest BCUT2D eigenvalue weighted by Gasteiger charge is 1.98. The molecule has 4 N–H and O–H groups in total. The molecule has 5 nitrogen and oxygen atoms in total. The summed E-state index contributed by atoms with van der Waals surface area (Å²) in [6, 6.07) is 0. The smallest absolute Gasteiger partial charge is 0.221 e. The molecule has 0 atom stereocenters. The van der Waals surface area contributed by atoms with Gasteiger partial charge in [0.15, 0.2) is 0 Å². The molecule has 0 aromatic carbocycles. The van der Waals surface area contributed by atoms with Gasteiger partial charge < -0.3 is 21.1 Å². The van der Waals surface area contributed by atoms with E-state index in [1.807, 2.05) is 0 Å². The number of nitrogens with one attached hydrogen (secondary N) is 2. The fourth-order valence-electron chi connectivity index (χ4n) is 0.935. The van der Waals surface area contributed by atoms with E-state index in [4.69, 9.17) is 10.5 Å². The molecule has 0 spiro atoms. The molecule has 0 unspecified atom stereocenters. The molecule has 84 valence electrons. The molecule has 0 heterocycles. The topological polar surface area (TPSA) is 76.4 Å². The standard InChI is InChI=1S/C9H21N3O2/c1-14-8-7-12-9(13)3-6-11-5-2-4-10/h11H,2-8,10H2,1H3,(H,12,13). The van der Waals surface area contributed by atoms with Crippen molar-refractivity contribution in [3.8, 4) is 0 Å². The van der Waals surface area contributed by atoms with Gasteiger partial charge in [-0.2, -0.15) is 0 Å². The maximum atomic E-state index is 11.1. The summed E-state index contributed by atoms with van der Waals surface area (Å²) in [5.74, 6) is 0.0577. The second kappa shape index (κ2) is 10.4. The lowest BCUT2D eigenvalue weighted by Gasteiger charge is -2.05. The van der Waals surface area contributed by atoms with E-state index < -0.39 is 0 Å². The molecule has 0 radical (unpaired) electrons. The second-order valence-corrected chi connectivity index (χ2v) is 2.98. The molecular formula is C9H21N3O2. The Bertz CT molecular complexity index is 142. The van der Waals surface area contributed by atoms with Crippen LogP contribution < -0.4 is 16.4 Å². The summed E-state index contributed by atoms with van der Waals surface area (Å²) in [4.78, 5) is 11.1. The van der Waals surface area contributed by atoms with E-state index in [9.17, 15) is 4.79 Å². The molecule has 0 aliphatic carbocycles. The Balaban J connectivity index is 3.10. The van der Waals surface area contributed by atoms with Crippen LogP contribution in [0.5, 0.6) is 0 Å². The number of amides is 1. The highest BCUT2D eigenvalue weighted by Crippen LogP contribution is 1.78. The van der Waals surface area contributed by atoms with Crippen LogP contribution >= 0.6 is 0 Å². The fourth-order valence-corrected chi connectivity index (χ4v) is 0.935. The van der Waals surface area contributed by atoms with Crippen LogP contribution in [0.1, 0.15) is 12.8 Å². The molecule has 0 rings (SSSR count). The van der Waals surface area contributed by atoms with Crippen molar-refractivity contribution >= 4 is 5.91 Å². The average molecular weight is 203 g/mol. The second-order valence-electron chi connectivity index (χ2n) is 2.98. The summed E-state index contributed by atoms with van der Waals surface area (Å²) < 4.78 is 4.81. The minimum absolute atomic E-state index is 0.0577. The van der Waals surface area contributed by atoms with Crippen LogP contribution in [0.15, 0.2) is 0 Å². The van der Waals surface area contributed by atoms with E-state index in [0.717, 1.165) is 13.0 Å². The SMILES string of the molecule is COCCNC(=O)CCNCCCN. The van der Waals surface area contributed by atoms with Crippen molar-refractivity contribution in [2.75, 3.05) is 39.9 Å². The molecule has 0 aromatic rings. The Labute approximate surface area is 85.4 Å². The number of carbonyl (C=O) groups excluding carboxylic acids is 1. The first-order valence-corrected chi connectivity index (χ1v) is 4.97. The number of hydrogen-bond donors (Lipinski definition) is 3. The molecule has 0 bridgehead atoms. The van der Waals surface area contributed by atoms with Crippen molar-refractivity contribution < 1.29 is 9.53 Å². The van der Waals surface area contributed by atoms with Gasteiger partial charge in [-0.15, -0.1) is 0 Å². The van der Waals surface area contributed by atoms with E-state index >= 15 is 0 Å². The van der Waals surface area contributed by atoms with Gasteiger partial charge in [-0.25, -0.2) is 0 Å². The van der Waals surface area contributed by atoms with Gasteiger partial charge >= 0.3 is 0 Å². The number of carbonyl (C=O) groups is 1. The lowest BCUT2D eigenvalue weighted by Crippen LogP contribution is -2.30. The van der Waals surface area contributed by atoms with Crippen molar-refractivity contribution in [3.63, 3.8) is 0 Å². The fraction of sp³-hybridized carbons (Fsp3) is 0.889. The number of methoxy groups -OCH3 is 1. The van der Waals surface area contributed by atoms with Crippen LogP contribution in [0.2, 0.25) is 0 Å². The van der Waals surface area contributed by atoms with Gasteiger partial charge in [0.05, 0.1) is 6.61 Å². The minimum atomic E-state index is 0.0577. The van der Waals surface area contributed by atoms with Crippen molar-refractivity contribution in [2.24, 2.45) is 5.73 Å². The molecular weight excluding hydrogens is 182 g/mol. The predicted octanol–water partition coefficient (Wildman–Crippen LogP) is -0.922. The van der Waals surface area contributed by atoms with Crippen LogP contribution in [-0.4, -0.2) is 45.8 Å². The van der Waals surface area contributed by atoms with Crippen LogP contribution in [0.25, 0.3) is 0 Å². The van der Waals surface area contributed by atoms with Crippen LogP contribution in [0.3, 0.4) is 0 Å². The van der Waals surface area contributed by atoms with E-state index in [0.29, 0.717) is 32.7 Å². The largest absolute Gasteiger partial charge is 0.383 e. The normalized spacial score (nSPS) is 10.1. The Kier molecular flexibility index (Phi) is 9.95. The quantitative estimate of drug-likeness (QED) is 0.423. The number of hydrogen-bond acceptors (Lipinski definition) is 4. The highest BCUT2D eigenvalue weighted by atomic mass is 16.5. The van der Waals surface area contributed by atoms with Crippen molar-refractivity contribution in [3.05, 3.63) is 0 Å². The molecule has 0 saturated heterocycles. The first kappa shape index (κ1) is 13.4. The summed E-state index contributed by atoms with van der Waals surface area (Å²) in [6.07, 6.45) is 1.46. The lowest BCUT2D eigenvalue weighted by molar-refractivity contribution is -0.121. The Morgan fingerprint density at radius 1 is 1.36 bits per heavy atom. The van der Waals surface area contributed by atoms with Gasteiger partial charge in [0.2, 0.25) is 5.91 Å². The van der Waals surface area contributed by atoms with Crippen LogP contribution in [0.4, 0.5) is 0 Å². The third-order valence-electron chi connectivity index (χ3n) is 1.71. The molecule has 0 fully saturated rings. The van der Waals surface area contributed by atoms with E-state index in [-0.39, 0.29) is 5.91 Å². The molecule has 14 heavy (non-hydrogen) atoms. The molecule has 5 heteroatoms. The van der Waals surface area contributed by atoms with Gasteiger partial charge in [-0.1, -0.05) is 0 Å². The average Bonchev–Trinajstić information content (AvgIpc) is 2.18. The van der Waals surface area contributed by atoms with Gasteiger partial charge in [-0.3, -0.25) is 4.79 Å². The zero-order chi connectivity index (χ0) is 10.6. The summed E-state index contributed by atoms with van der Waals surface area (Å²) in [6.45, 7) is 3.41. The zero-order valence-corrected chi connectivity index (χ0v) is 8.84. The third kappa shape index (κ3) is 9.44. The maximum Gasteiger partial charge on any atom is 0.221 e. The molecule has 0 aliphatic heterocycles. The van der Waals surface area contributed by atoms with Crippen molar-refractivity contribution in [1.82, 2.24) is 10.6 Å². The third-order valence-corrected chi connectivity index (χ3v) is 1.71. The van der Waals surface area contributed by atoms with E-state index in [1.165, 1.54) is 0 Å². The van der Waals surface area contributed by atoms with Crippen molar-refractivity contribution in [2.45, 2.75) is 12.8 Å². The van der Waals surface area contributed by atoms with Gasteiger partial charge in [-0.05, 0) is 19.5 Å². The molecule has 0 aliphatic rings. The Hall–Kier alpha value is -0.650. The summed E-state index contributed by atoms with van der Waals surface area (Å²) >= 11 is 0. The van der Waals surface area contributed by atoms with E-state index in [2.05, 4.69) is 10.6 Å². The number of nitrogens with two attached hydrogens (primary N) is 1. The number of ether oxygens (including phenoxy) is 1. The van der Waals surface area contributed by atoms with Crippen molar-refractivity contribution in [1.29, 1.82) is 0 Å². The molecule has 0 saturated carbocycles. The first-order valence-electron chi connectivity index (χ1n) is 4.97. The van der Waals surface area contributed by atoms with Crippen LogP contribution in [0, 0.1) is 0 Å². The summed E-state index contributed by atoms with van der Waals surface area (Å²) in [5.41, 5.74) is 5.32. The minimum Gasteiger partial charge on any atom is -0.383 e. The summed E-state index contributed by atoms with van der Waals surface area (Å²) in [5, 5.41) is 5.88. The van der Waals surface area contributed by atoms with Gasteiger partial charge in [0.25, 0.3) is 0 Å². The summed E-state index contributed by atoms with van der Waals surface area (Å²) in [7, 11) is 1.61. The molecule has 1 amide bonds. The van der Waals surface area contributed by atoms with Gasteiger partial charge in [0, 0.05) is 26.6 Å². The maximum absolute atomic E-state index is 11.1. The Morgan fingerprint density at radius 3 is 2.79 bits per heavy atom. The predicted molar refractivity (Wildman–Crippen MR) is 56.0 cm³/mol. The zero-order valence-electron chi connectivity index (χ0n) is 8.84. The van der Waals surface area contributed by atoms with Gasteiger partial charge in [0.1, 0.15) is 0 Å². The first-order chi connectivity index (χ1) is 6.81. The Morgan fingerprint density at radius 2 is 2.14 bits per heavy atom. The highest BCUT2D eigenvalue weighted by molar-refractivity contribution is 5.75. The lowest BCUT2D eigenvalue weighted by atomic mass is 10.3. The molecule has 0 aromatic heterocycles.